The molecule has 1 unspecified atom stereocenters. The van der Waals surface area contributed by atoms with E-state index in [0.717, 1.165) is 10.5 Å². The Morgan fingerprint density at radius 2 is 1.74 bits per heavy atom. The monoisotopic (exact) mass is 657 g/mol. The first-order valence-corrected chi connectivity index (χ1v) is 14.1. The van der Waals surface area contributed by atoms with Gasteiger partial charge in [0.15, 0.2) is 5.78 Å². The minimum Gasteiger partial charge on any atom is -0.328 e. The van der Waals surface area contributed by atoms with Crippen LogP contribution in [0.15, 0.2) is 41.3 Å². The van der Waals surface area contributed by atoms with E-state index in [1.54, 1.807) is 51.4 Å². The lowest BCUT2D eigenvalue weighted by Crippen LogP contribution is -2.44. The first kappa shape index (κ1) is 30.3. The number of nitrogens with one attached hydrogen (secondary N) is 1. The molecule has 4 heterocycles. The van der Waals surface area contributed by atoms with Crippen molar-refractivity contribution in [3.63, 3.8) is 0 Å². The number of amides is 2. The van der Waals surface area contributed by atoms with Crippen molar-refractivity contribution < 1.29 is 27.6 Å². The largest absolute Gasteiger partial charge is 0.393 e. The van der Waals surface area contributed by atoms with E-state index in [1.165, 1.54) is 11.6 Å². The zero-order chi connectivity index (χ0) is 31.2. The minimum atomic E-state index is -4.61. The number of hydrogen-bond acceptors (Lipinski definition) is 7. The molecule has 1 aliphatic rings. The normalized spacial score (nSPS) is 17.0. The molecule has 0 bridgehead atoms. The molecule has 2 amide bonds. The van der Waals surface area contributed by atoms with Crippen LogP contribution in [0.25, 0.3) is 22.0 Å². The number of nitrogens with zero attached hydrogens (tertiary/aromatic N) is 6. The van der Waals surface area contributed by atoms with Crippen LogP contribution in [0.5, 0.6) is 0 Å². The zero-order valence-electron chi connectivity index (χ0n) is 23.7. The number of fused-ring (bicyclic) bond motifs is 1. The van der Waals surface area contributed by atoms with Gasteiger partial charge in [0.1, 0.15) is 34.5 Å². The third-order valence-electron chi connectivity index (χ3n) is 7.46. The number of ketones is 1. The number of aryl methyl sites for hydroxylation is 3. The van der Waals surface area contributed by atoms with E-state index in [-0.39, 0.29) is 17.3 Å². The molecule has 0 aliphatic carbocycles. The fraction of sp³-hybridized carbons (Fsp3) is 0.345. The highest BCUT2D eigenvalue weighted by molar-refractivity contribution is 9.10. The number of halogens is 4. The van der Waals surface area contributed by atoms with Crippen molar-refractivity contribution in [1.29, 1.82) is 0 Å². The van der Waals surface area contributed by atoms with Crippen LogP contribution in [-0.2, 0) is 16.1 Å². The minimum absolute atomic E-state index is 0.112. The van der Waals surface area contributed by atoms with Gasteiger partial charge in [0, 0.05) is 36.8 Å². The van der Waals surface area contributed by atoms with E-state index in [0.29, 0.717) is 38.0 Å². The van der Waals surface area contributed by atoms with Crippen molar-refractivity contribution in [3.05, 3.63) is 63.9 Å². The molecule has 2 atom stereocenters. The molecule has 224 valence electrons. The highest BCUT2D eigenvalue weighted by Crippen LogP contribution is 2.38. The molecule has 5 rings (SSSR count). The molecular formula is C29H27BrF3N7O3. The number of alkyl halides is 3. The van der Waals surface area contributed by atoms with Gasteiger partial charge in [-0.3, -0.25) is 19.1 Å². The summed E-state index contributed by atoms with van der Waals surface area (Å²) in [6, 6.07) is 5.56. The number of likely N-dealkylation sites (tertiary alicyclic amines) is 1. The molecule has 0 radical (unpaired) electrons. The average molecular weight is 658 g/mol. The maximum Gasteiger partial charge on any atom is 0.393 e. The summed E-state index contributed by atoms with van der Waals surface area (Å²) in [5, 5.41) is 7.45. The number of anilines is 1. The van der Waals surface area contributed by atoms with Crippen LogP contribution in [0.1, 0.15) is 40.8 Å². The lowest BCUT2D eigenvalue weighted by Gasteiger charge is -2.24. The van der Waals surface area contributed by atoms with Gasteiger partial charge in [-0.05, 0) is 78.0 Å². The van der Waals surface area contributed by atoms with Crippen LogP contribution in [0.3, 0.4) is 0 Å². The maximum atomic E-state index is 13.8. The molecule has 1 aromatic carbocycles. The van der Waals surface area contributed by atoms with Crippen molar-refractivity contribution in [1.82, 2.24) is 29.6 Å². The van der Waals surface area contributed by atoms with Crippen LogP contribution < -0.4 is 5.32 Å². The Bertz CT molecular complexity index is 1760. The molecule has 1 fully saturated rings. The SMILES string of the molecule is CC(=O)c1nn(CC(=O)N2CC(C(F)(F)F)C[C@H]2C(=O)Nc2nc(Br)ccc2C)c2c(C)cc(-c3cnc(C)nc3)cc12. The second-order valence-electron chi connectivity index (χ2n) is 10.6. The van der Waals surface area contributed by atoms with E-state index in [2.05, 4.69) is 41.3 Å². The van der Waals surface area contributed by atoms with Crippen LogP contribution >= 0.6 is 15.9 Å². The number of carbonyl (C=O) groups is 3. The van der Waals surface area contributed by atoms with Gasteiger partial charge in [-0.2, -0.15) is 18.3 Å². The van der Waals surface area contributed by atoms with E-state index in [4.69, 9.17) is 0 Å². The third-order valence-corrected chi connectivity index (χ3v) is 7.90. The van der Waals surface area contributed by atoms with Crippen molar-refractivity contribution >= 4 is 50.2 Å². The molecule has 1 aliphatic heterocycles. The second-order valence-corrected chi connectivity index (χ2v) is 11.4. The Hall–Kier alpha value is -4.20. The first-order valence-electron chi connectivity index (χ1n) is 13.3. The number of aromatic nitrogens is 5. The number of Topliss-reactive ketones (excluding diaryl/α,β-unsaturated/α-hetero) is 1. The van der Waals surface area contributed by atoms with Crippen molar-refractivity contribution in [2.24, 2.45) is 5.92 Å². The average Bonchev–Trinajstić information content (AvgIpc) is 3.54. The standard InChI is InChI=1S/C29H27BrF3N7O3/c1-14-5-6-23(30)36-27(14)37-28(43)22-9-20(29(31,32)33)12-39(22)24(42)13-40-26-15(2)7-18(19-10-34-17(4)35-11-19)8-21(26)25(38-40)16(3)41/h5-8,10-11,20,22H,9,12-13H2,1-4H3,(H,36,37,43)/t20?,22-/m0/s1. The van der Waals surface area contributed by atoms with Crippen molar-refractivity contribution in [3.8, 4) is 11.1 Å². The quantitative estimate of drug-likeness (QED) is 0.223. The van der Waals surface area contributed by atoms with Crippen LogP contribution in [-0.4, -0.2) is 66.0 Å². The van der Waals surface area contributed by atoms with Crippen LogP contribution in [0.4, 0.5) is 19.0 Å². The molecule has 3 aromatic heterocycles. The second kappa shape index (κ2) is 11.5. The topological polar surface area (TPSA) is 123 Å². The highest BCUT2D eigenvalue weighted by atomic mass is 79.9. The smallest absolute Gasteiger partial charge is 0.328 e. The van der Waals surface area contributed by atoms with Gasteiger partial charge in [0.2, 0.25) is 11.8 Å². The van der Waals surface area contributed by atoms with Crippen LogP contribution in [0.2, 0.25) is 0 Å². The Labute approximate surface area is 252 Å². The summed E-state index contributed by atoms with van der Waals surface area (Å²) in [6.07, 6.45) is -1.88. The van der Waals surface area contributed by atoms with Crippen molar-refractivity contribution in [2.75, 3.05) is 11.9 Å². The van der Waals surface area contributed by atoms with Gasteiger partial charge in [-0.25, -0.2) is 15.0 Å². The number of hydrogen-bond donors (Lipinski definition) is 1. The number of rotatable bonds is 6. The molecule has 0 saturated carbocycles. The molecule has 43 heavy (non-hydrogen) atoms. The summed E-state index contributed by atoms with van der Waals surface area (Å²) < 4.78 is 43.2. The summed E-state index contributed by atoms with van der Waals surface area (Å²) in [4.78, 5) is 53.0. The molecule has 14 heteroatoms. The summed E-state index contributed by atoms with van der Waals surface area (Å²) >= 11 is 3.22. The molecule has 0 spiro atoms. The molecular weight excluding hydrogens is 631 g/mol. The fourth-order valence-corrected chi connectivity index (χ4v) is 5.57. The molecule has 4 aromatic rings. The van der Waals surface area contributed by atoms with E-state index >= 15 is 0 Å². The summed E-state index contributed by atoms with van der Waals surface area (Å²) in [5.41, 5.74) is 3.33. The number of pyridine rings is 1. The Morgan fingerprint density at radius 3 is 2.40 bits per heavy atom. The van der Waals surface area contributed by atoms with Crippen molar-refractivity contribution in [2.45, 2.75) is 52.9 Å². The van der Waals surface area contributed by atoms with E-state index in [9.17, 15) is 27.6 Å². The van der Waals surface area contributed by atoms with E-state index < -0.39 is 49.5 Å². The highest BCUT2D eigenvalue weighted by Gasteiger charge is 2.51. The van der Waals surface area contributed by atoms with Gasteiger partial charge in [-0.1, -0.05) is 6.07 Å². The lowest BCUT2D eigenvalue weighted by molar-refractivity contribution is -0.171. The first-order chi connectivity index (χ1) is 20.2. The fourth-order valence-electron chi connectivity index (χ4n) is 5.26. The van der Waals surface area contributed by atoms with Gasteiger partial charge in [-0.15, -0.1) is 0 Å². The summed E-state index contributed by atoms with van der Waals surface area (Å²) in [5.74, 6) is -2.96. The molecule has 1 N–H and O–H groups in total. The summed E-state index contributed by atoms with van der Waals surface area (Å²) in [7, 11) is 0. The van der Waals surface area contributed by atoms with Gasteiger partial charge in [0.05, 0.1) is 11.4 Å². The number of benzene rings is 1. The zero-order valence-corrected chi connectivity index (χ0v) is 25.2. The number of carbonyl (C=O) groups excluding carboxylic acids is 3. The predicted octanol–water partition coefficient (Wildman–Crippen LogP) is 5.20. The van der Waals surface area contributed by atoms with Gasteiger partial charge < -0.3 is 10.2 Å². The van der Waals surface area contributed by atoms with E-state index in [1.807, 2.05) is 6.07 Å². The molecule has 10 nitrogen and oxygen atoms in total. The maximum absolute atomic E-state index is 13.8. The third kappa shape index (κ3) is 6.14. The predicted molar refractivity (Wildman–Crippen MR) is 155 cm³/mol. The molecule has 1 saturated heterocycles. The Kier molecular flexibility index (Phi) is 8.07. The Morgan fingerprint density at radius 1 is 1.05 bits per heavy atom. The Balaban J connectivity index is 1.48. The van der Waals surface area contributed by atoms with Crippen LogP contribution in [0, 0.1) is 26.7 Å². The van der Waals surface area contributed by atoms with Gasteiger partial charge >= 0.3 is 6.18 Å². The van der Waals surface area contributed by atoms with Gasteiger partial charge in [0.25, 0.3) is 0 Å². The summed E-state index contributed by atoms with van der Waals surface area (Å²) in [6.45, 7) is 5.43. The lowest BCUT2D eigenvalue weighted by atomic mass is 10.0.